The van der Waals surface area contributed by atoms with E-state index in [9.17, 15) is 27.6 Å². The summed E-state index contributed by atoms with van der Waals surface area (Å²) in [6, 6.07) is 1.29. The molecule has 0 bridgehead atoms. The van der Waals surface area contributed by atoms with E-state index in [1.54, 1.807) is 5.32 Å². The molecule has 0 fully saturated rings. The lowest BCUT2D eigenvalue weighted by Crippen LogP contribution is -2.35. The van der Waals surface area contributed by atoms with Gasteiger partial charge in [-0.05, 0) is 0 Å². The van der Waals surface area contributed by atoms with Gasteiger partial charge in [-0.25, -0.2) is 0 Å². The Bertz CT molecular complexity index is 541. The topological polar surface area (TPSA) is 113 Å². The summed E-state index contributed by atoms with van der Waals surface area (Å²) >= 11 is 0. The van der Waals surface area contributed by atoms with Gasteiger partial charge in [0.1, 0.15) is 19.5 Å². The lowest BCUT2D eigenvalue weighted by atomic mass is 10.3. The number of anilines is 1. The van der Waals surface area contributed by atoms with Crippen LogP contribution in [0.5, 0.6) is 0 Å². The smallest absolute Gasteiger partial charge is 0.405 e. The van der Waals surface area contributed by atoms with Crippen molar-refractivity contribution in [2.24, 2.45) is 0 Å². The maximum Gasteiger partial charge on any atom is 0.405 e. The van der Waals surface area contributed by atoms with Gasteiger partial charge in [0.15, 0.2) is 5.82 Å². The van der Waals surface area contributed by atoms with Crippen LogP contribution in [0.25, 0.3) is 0 Å². The van der Waals surface area contributed by atoms with Gasteiger partial charge in [-0.2, -0.15) is 18.3 Å². The normalized spacial score (nSPS) is 11.0. The molecule has 0 aliphatic rings. The van der Waals surface area contributed by atoms with Crippen LogP contribution in [-0.2, 0) is 20.9 Å². The number of nitrogens with one attached hydrogen (secondary N) is 2. The Morgan fingerprint density at radius 2 is 1.95 bits per heavy atom. The molecule has 8 nitrogen and oxygen atoms in total. The standard InChI is InChI=1S/C10H11F3N4O4/c11-10(12,13)5-14-7(18)3-8(19)15-6-1-2-17(16-6)4-9(20)21/h1-2H,3-5H2,(H,14,18)(H,20,21)(H,15,16,19). The molecule has 1 rings (SSSR count). The number of carbonyl (C=O) groups excluding carboxylic acids is 2. The van der Waals surface area contributed by atoms with Crippen molar-refractivity contribution in [1.29, 1.82) is 0 Å². The average molecular weight is 308 g/mol. The highest BCUT2D eigenvalue weighted by atomic mass is 19.4. The maximum atomic E-state index is 11.8. The van der Waals surface area contributed by atoms with E-state index in [-0.39, 0.29) is 5.82 Å². The molecule has 0 spiro atoms. The number of amides is 2. The molecule has 11 heteroatoms. The van der Waals surface area contributed by atoms with Gasteiger partial charge in [0.2, 0.25) is 11.8 Å². The molecule has 0 saturated heterocycles. The summed E-state index contributed by atoms with van der Waals surface area (Å²) in [5, 5.41) is 15.9. The largest absolute Gasteiger partial charge is 0.480 e. The fourth-order valence-corrected chi connectivity index (χ4v) is 1.25. The molecule has 0 aromatic carbocycles. The quantitative estimate of drug-likeness (QED) is 0.639. The Hall–Kier alpha value is -2.59. The van der Waals surface area contributed by atoms with Gasteiger partial charge in [-0.15, -0.1) is 0 Å². The Labute approximate surface area is 115 Å². The predicted molar refractivity (Wildman–Crippen MR) is 62.2 cm³/mol. The Kier molecular flexibility index (Phi) is 5.27. The summed E-state index contributed by atoms with van der Waals surface area (Å²) in [6.07, 6.45) is -4.07. The number of hydrogen-bond acceptors (Lipinski definition) is 4. The van der Waals surface area contributed by atoms with Crippen molar-refractivity contribution >= 4 is 23.6 Å². The Morgan fingerprint density at radius 1 is 1.29 bits per heavy atom. The Morgan fingerprint density at radius 3 is 2.52 bits per heavy atom. The van der Waals surface area contributed by atoms with Crippen molar-refractivity contribution < 1.29 is 32.7 Å². The van der Waals surface area contributed by atoms with E-state index in [4.69, 9.17) is 5.11 Å². The molecular formula is C10H11F3N4O4. The molecule has 0 aliphatic heterocycles. The first-order valence-electron chi connectivity index (χ1n) is 5.54. The summed E-state index contributed by atoms with van der Waals surface area (Å²) in [4.78, 5) is 32.8. The van der Waals surface area contributed by atoms with Crippen molar-refractivity contribution in [3.63, 3.8) is 0 Å². The number of nitrogens with zero attached hydrogens (tertiary/aromatic N) is 2. The summed E-state index contributed by atoms with van der Waals surface area (Å²) in [6.45, 7) is -1.94. The van der Waals surface area contributed by atoms with Gasteiger partial charge in [-0.1, -0.05) is 0 Å². The number of carboxylic acids is 1. The van der Waals surface area contributed by atoms with Crippen LogP contribution in [0.4, 0.5) is 19.0 Å². The molecule has 21 heavy (non-hydrogen) atoms. The van der Waals surface area contributed by atoms with Crippen molar-refractivity contribution in [2.75, 3.05) is 11.9 Å². The number of carboxylic acid groups (broad SMARTS) is 1. The lowest BCUT2D eigenvalue weighted by molar-refractivity contribution is -0.140. The molecule has 116 valence electrons. The third-order valence-electron chi connectivity index (χ3n) is 2.01. The highest BCUT2D eigenvalue weighted by molar-refractivity contribution is 6.03. The van der Waals surface area contributed by atoms with E-state index < -0.39 is 43.5 Å². The van der Waals surface area contributed by atoms with E-state index in [1.165, 1.54) is 12.3 Å². The van der Waals surface area contributed by atoms with Crippen LogP contribution >= 0.6 is 0 Å². The van der Waals surface area contributed by atoms with E-state index in [2.05, 4.69) is 10.4 Å². The van der Waals surface area contributed by atoms with Gasteiger partial charge < -0.3 is 15.7 Å². The van der Waals surface area contributed by atoms with Crippen molar-refractivity contribution in [3.8, 4) is 0 Å². The predicted octanol–water partition coefficient (Wildman–Crippen LogP) is -0.0252. The number of halogens is 3. The zero-order valence-electron chi connectivity index (χ0n) is 10.5. The van der Waals surface area contributed by atoms with E-state index in [0.717, 1.165) is 4.68 Å². The van der Waals surface area contributed by atoms with Crippen LogP contribution in [0.3, 0.4) is 0 Å². The maximum absolute atomic E-state index is 11.8. The molecule has 0 saturated carbocycles. The number of alkyl halides is 3. The molecule has 0 radical (unpaired) electrons. The summed E-state index contributed by atoms with van der Waals surface area (Å²) in [5.41, 5.74) is 0. The minimum absolute atomic E-state index is 0.00938. The molecular weight excluding hydrogens is 297 g/mol. The highest BCUT2D eigenvalue weighted by Gasteiger charge is 2.28. The number of aromatic nitrogens is 2. The monoisotopic (exact) mass is 308 g/mol. The Balaban J connectivity index is 2.41. The number of carbonyl (C=O) groups is 3. The lowest BCUT2D eigenvalue weighted by Gasteiger charge is -2.07. The first kappa shape index (κ1) is 16.5. The molecule has 3 N–H and O–H groups in total. The van der Waals surface area contributed by atoms with Gasteiger partial charge >= 0.3 is 12.1 Å². The van der Waals surface area contributed by atoms with Crippen LogP contribution < -0.4 is 10.6 Å². The molecule has 1 aromatic rings. The van der Waals surface area contributed by atoms with E-state index in [0.29, 0.717) is 0 Å². The van der Waals surface area contributed by atoms with Crippen LogP contribution in [-0.4, -0.2) is 45.4 Å². The zero-order chi connectivity index (χ0) is 16.0. The fraction of sp³-hybridized carbons (Fsp3) is 0.400. The number of aliphatic carboxylic acids is 1. The fourth-order valence-electron chi connectivity index (χ4n) is 1.25. The van der Waals surface area contributed by atoms with Gasteiger partial charge in [0.25, 0.3) is 0 Å². The zero-order valence-corrected chi connectivity index (χ0v) is 10.5. The molecule has 2 amide bonds. The molecule has 0 atom stereocenters. The SMILES string of the molecule is O=C(O)Cn1ccc(NC(=O)CC(=O)NCC(F)(F)F)n1. The van der Waals surface area contributed by atoms with Gasteiger partial charge in [0, 0.05) is 12.3 Å². The third-order valence-corrected chi connectivity index (χ3v) is 2.01. The molecule has 0 aliphatic carbocycles. The first-order chi connectivity index (χ1) is 9.65. The number of rotatable bonds is 6. The second kappa shape index (κ2) is 6.72. The second-order valence-corrected chi connectivity index (χ2v) is 3.91. The van der Waals surface area contributed by atoms with Crippen LogP contribution in [0.15, 0.2) is 12.3 Å². The van der Waals surface area contributed by atoms with E-state index >= 15 is 0 Å². The average Bonchev–Trinajstić information content (AvgIpc) is 2.71. The van der Waals surface area contributed by atoms with E-state index in [1.807, 2.05) is 0 Å². The first-order valence-corrected chi connectivity index (χ1v) is 5.54. The summed E-state index contributed by atoms with van der Waals surface area (Å²) < 4.78 is 36.5. The summed E-state index contributed by atoms with van der Waals surface area (Å²) in [7, 11) is 0. The van der Waals surface area contributed by atoms with Crippen LogP contribution in [0, 0.1) is 0 Å². The molecule has 0 unspecified atom stereocenters. The van der Waals surface area contributed by atoms with Gasteiger partial charge in [0.05, 0.1) is 0 Å². The van der Waals surface area contributed by atoms with Crippen molar-refractivity contribution in [3.05, 3.63) is 12.3 Å². The van der Waals surface area contributed by atoms with Crippen molar-refractivity contribution in [1.82, 2.24) is 15.1 Å². The van der Waals surface area contributed by atoms with Crippen LogP contribution in [0.1, 0.15) is 6.42 Å². The number of hydrogen-bond donors (Lipinski definition) is 3. The minimum atomic E-state index is -4.55. The molecule has 1 heterocycles. The highest BCUT2D eigenvalue weighted by Crippen LogP contribution is 2.12. The minimum Gasteiger partial charge on any atom is -0.480 e. The van der Waals surface area contributed by atoms with Crippen molar-refractivity contribution in [2.45, 2.75) is 19.1 Å². The van der Waals surface area contributed by atoms with Gasteiger partial charge in [-0.3, -0.25) is 19.1 Å². The summed E-state index contributed by atoms with van der Waals surface area (Å²) in [5.74, 6) is -3.10. The second-order valence-electron chi connectivity index (χ2n) is 3.91. The van der Waals surface area contributed by atoms with Crippen LogP contribution in [0.2, 0.25) is 0 Å². The third kappa shape index (κ3) is 6.94. The molecule has 1 aromatic heterocycles.